The van der Waals surface area contributed by atoms with Gasteiger partial charge in [0.2, 0.25) is 5.88 Å². The fourth-order valence-corrected chi connectivity index (χ4v) is 3.21. The SMILES string of the molecule is CC1=NCCN1/C(=N\O)c1cccnc1Oc1ccccc1OCc1ccccc1. The van der Waals surface area contributed by atoms with Gasteiger partial charge >= 0.3 is 0 Å². The van der Waals surface area contributed by atoms with Crippen LogP contribution in [0.25, 0.3) is 0 Å². The van der Waals surface area contributed by atoms with Crippen LogP contribution in [0, 0.1) is 0 Å². The third-order valence-corrected chi connectivity index (χ3v) is 4.71. The van der Waals surface area contributed by atoms with Crippen molar-refractivity contribution in [3.8, 4) is 17.4 Å². The van der Waals surface area contributed by atoms with E-state index in [-0.39, 0.29) is 0 Å². The Kier molecular flexibility index (Phi) is 5.89. The molecule has 1 aromatic heterocycles. The van der Waals surface area contributed by atoms with E-state index in [0.29, 0.717) is 48.5 Å². The van der Waals surface area contributed by atoms with E-state index in [0.717, 1.165) is 11.4 Å². The first kappa shape index (κ1) is 19.4. The van der Waals surface area contributed by atoms with Crippen LogP contribution in [0.15, 0.2) is 83.1 Å². The molecule has 0 aliphatic carbocycles. The minimum Gasteiger partial charge on any atom is -0.485 e. The van der Waals surface area contributed by atoms with E-state index in [1.165, 1.54) is 0 Å². The van der Waals surface area contributed by atoms with E-state index < -0.39 is 0 Å². The van der Waals surface area contributed by atoms with Gasteiger partial charge in [-0.15, -0.1) is 0 Å². The Labute approximate surface area is 174 Å². The smallest absolute Gasteiger partial charge is 0.230 e. The molecule has 2 heterocycles. The van der Waals surface area contributed by atoms with Gasteiger partial charge in [0.1, 0.15) is 12.4 Å². The Balaban J connectivity index is 1.59. The molecule has 30 heavy (non-hydrogen) atoms. The van der Waals surface area contributed by atoms with Gasteiger partial charge < -0.3 is 19.6 Å². The fraction of sp³-hybridized carbons (Fsp3) is 0.174. The van der Waals surface area contributed by atoms with E-state index in [2.05, 4.69) is 15.1 Å². The first-order chi connectivity index (χ1) is 14.8. The molecule has 2 aromatic carbocycles. The Bertz CT molecular complexity index is 1070. The van der Waals surface area contributed by atoms with Crippen molar-refractivity contribution in [3.05, 3.63) is 84.1 Å². The highest BCUT2D eigenvalue weighted by Gasteiger charge is 2.24. The van der Waals surface area contributed by atoms with Gasteiger partial charge in [-0.05, 0) is 36.8 Å². The van der Waals surface area contributed by atoms with Crippen LogP contribution in [-0.4, -0.2) is 39.9 Å². The van der Waals surface area contributed by atoms with E-state index in [4.69, 9.17) is 9.47 Å². The second-order valence-electron chi connectivity index (χ2n) is 6.68. The lowest BCUT2D eigenvalue weighted by Crippen LogP contribution is -2.34. The molecule has 4 rings (SSSR count). The highest BCUT2D eigenvalue weighted by Crippen LogP contribution is 2.33. The third-order valence-electron chi connectivity index (χ3n) is 4.71. The molecule has 0 atom stereocenters. The number of rotatable bonds is 6. The summed E-state index contributed by atoms with van der Waals surface area (Å²) in [4.78, 5) is 10.6. The fourth-order valence-electron chi connectivity index (χ4n) is 3.21. The molecular formula is C23H22N4O3. The first-order valence-electron chi connectivity index (χ1n) is 9.66. The van der Waals surface area contributed by atoms with Crippen LogP contribution in [0.1, 0.15) is 18.1 Å². The van der Waals surface area contributed by atoms with Gasteiger partial charge in [0.25, 0.3) is 0 Å². The minimum absolute atomic E-state index is 0.320. The molecule has 0 fully saturated rings. The maximum atomic E-state index is 9.70. The highest BCUT2D eigenvalue weighted by molar-refractivity contribution is 6.10. The predicted octanol–water partition coefficient (Wildman–Crippen LogP) is 4.32. The number of nitrogens with zero attached hydrogens (tertiary/aromatic N) is 4. The quantitative estimate of drug-likeness (QED) is 0.287. The summed E-state index contributed by atoms with van der Waals surface area (Å²) in [5.74, 6) is 2.57. The molecule has 0 saturated carbocycles. The van der Waals surface area contributed by atoms with Crippen LogP contribution >= 0.6 is 0 Å². The van der Waals surface area contributed by atoms with Crippen LogP contribution in [0.5, 0.6) is 17.4 Å². The van der Waals surface area contributed by atoms with Crippen molar-refractivity contribution in [1.82, 2.24) is 9.88 Å². The lowest BCUT2D eigenvalue weighted by Gasteiger charge is -2.20. The van der Waals surface area contributed by atoms with Crippen molar-refractivity contribution in [2.24, 2.45) is 10.1 Å². The van der Waals surface area contributed by atoms with Crippen LogP contribution in [0.4, 0.5) is 0 Å². The monoisotopic (exact) mass is 402 g/mol. The zero-order chi connectivity index (χ0) is 20.8. The zero-order valence-electron chi connectivity index (χ0n) is 16.6. The molecule has 0 bridgehead atoms. The van der Waals surface area contributed by atoms with E-state index in [9.17, 15) is 5.21 Å². The van der Waals surface area contributed by atoms with Crippen molar-refractivity contribution in [1.29, 1.82) is 0 Å². The van der Waals surface area contributed by atoms with E-state index in [1.807, 2.05) is 66.4 Å². The molecule has 0 amide bonds. The summed E-state index contributed by atoms with van der Waals surface area (Å²) in [6, 6.07) is 20.9. The number of benzene rings is 2. The number of aromatic nitrogens is 1. The molecule has 0 unspecified atom stereocenters. The second-order valence-corrected chi connectivity index (χ2v) is 6.68. The Morgan fingerprint density at radius 2 is 1.80 bits per heavy atom. The summed E-state index contributed by atoms with van der Waals surface area (Å²) in [7, 11) is 0. The lowest BCUT2D eigenvalue weighted by atomic mass is 10.2. The summed E-state index contributed by atoms with van der Waals surface area (Å²) in [5, 5.41) is 13.2. The minimum atomic E-state index is 0.320. The lowest BCUT2D eigenvalue weighted by molar-refractivity contribution is 0.290. The largest absolute Gasteiger partial charge is 0.485 e. The summed E-state index contributed by atoms with van der Waals surface area (Å²) in [6.45, 7) is 3.58. The Hall–Kier alpha value is -3.87. The number of hydrogen-bond acceptors (Lipinski definition) is 6. The van der Waals surface area contributed by atoms with Crippen molar-refractivity contribution >= 4 is 11.7 Å². The maximum Gasteiger partial charge on any atom is 0.230 e. The van der Waals surface area contributed by atoms with Gasteiger partial charge in [-0.25, -0.2) is 4.98 Å². The molecule has 0 radical (unpaired) electrons. The number of pyridine rings is 1. The molecule has 0 saturated heterocycles. The van der Waals surface area contributed by atoms with Gasteiger partial charge in [-0.1, -0.05) is 47.6 Å². The predicted molar refractivity (Wildman–Crippen MR) is 115 cm³/mol. The summed E-state index contributed by atoms with van der Waals surface area (Å²) in [5.41, 5.74) is 1.62. The molecule has 1 N–H and O–H groups in total. The van der Waals surface area contributed by atoms with Crippen LogP contribution in [-0.2, 0) is 6.61 Å². The molecule has 1 aliphatic heterocycles. The van der Waals surface area contributed by atoms with Gasteiger partial charge in [-0.2, -0.15) is 0 Å². The summed E-state index contributed by atoms with van der Waals surface area (Å²) >= 11 is 0. The number of para-hydroxylation sites is 2. The number of hydrogen-bond donors (Lipinski definition) is 1. The second kappa shape index (κ2) is 9.09. The van der Waals surface area contributed by atoms with E-state index in [1.54, 1.807) is 18.3 Å². The normalized spacial score (nSPS) is 13.8. The summed E-state index contributed by atoms with van der Waals surface area (Å²) < 4.78 is 12.1. The molecule has 0 spiro atoms. The van der Waals surface area contributed by atoms with Crippen molar-refractivity contribution in [2.45, 2.75) is 13.5 Å². The number of aliphatic imine (C=N–C) groups is 1. The van der Waals surface area contributed by atoms with Crippen molar-refractivity contribution < 1.29 is 14.7 Å². The van der Waals surface area contributed by atoms with E-state index >= 15 is 0 Å². The standard InChI is InChI=1S/C23H22N4O3/c1-17-24-14-15-27(17)22(26-28)19-10-7-13-25-23(19)30-21-12-6-5-11-20(21)29-16-18-8-3-2-4-9-18/h2-13,28H,14-16H2,1H3/b26-22-. The Morgan fingerprint density at radius 1 is 1.03 bits per heavy atom. The third kappa shape index (κ3) is 4.25. The van der Waals surface area contributed by atoms with Gasteiger partial charge in [0.15, 0.2) is 17.3 Å². The van der Waals surface area contributed by atoms with Crippen LogP contribution < -0.4 is 9.47 Å². The summed E-state index contributed by atoms with van der Waals surface area (Å²) in [6.07, 6.45) is 1.63. The van der Waals surface area contributed by atoms with Crippen molar-refractivity contribution in [3.63, 3.8) is 0 Å². The molecular weight excluding hydrogens is 380 g/mol. The molecule has 152 valence electrons. The topological polar surface area (TPSA) is 79.5 Å². The molecule has 3 aromatic rings. The van der Waals surface area contributed by atoms with Gasteiger partial charge in [0, 0.05) is 12.7 Å². The first-order valence-corrected chi connectivity index (χ1v) is 9.66. The zero-order valence-corrected chi connectivity index (χ0v) is 16.6. The van der Waals surface area contributed by atoms with Crippen LogP contribution in [0.2, 0.25) is 0 Å². The number of amidine groups is 2. The maximum absolute atomic E-state index is 9.70. The van der Waals surface area contributed by atoms with Gasteiger partial charge in [-0.3, -0.25) is 4.99 Å². The number of ether oxygens (including phenoxy) is 2. The van der Waals surface area contributed by atoms with Crippen molar-refractivity contribution in [2.75, 3.05) is 13.1 Å². The van der Waals surface area contributed by atoms with Crippen LogP contribution in [0.3, 0.4) is 0 Å². The molecule has 7 heteroatoms. The van der Waals surface area contributed by atoms with Gasteiger partial charge in [0.05, 0.1) is 12.1 Å². The average molecular weight is 402 g/mol. The average Bonchev–Trinajstić information content (AvgIpc) is 3.21. The highest BCUT2D eigenvalue weighted by atomic mass is 16.5. The molecule has 1 aliphatic rings. The Morgan fingerprint density at radius 3 is 2.53 bits per heavy atom. The number of oxime groups is 1. The molecule has 7 nitrogen and oxygen atoms in total.